The summed E-state index contributed by atoms with van der Waals surface area (Å²) in [7, 11) is 0. The van der Waals surface area contributed by atoms with Crippen molar-refractivity contribution in [2.24, 2.45) is 0 Å². The first-order valence-electron chi connectivity index (χ1n) is 5.77. The van der Waals surface area contributed by atoms with E-state index in [-0.39, 0.29) is 18.7 Å². The Morgan fingerprint density at radius 1 is 1.45 bits per heavy atom. The lowest BCUT2D eigenvalue weighted by molar-refractivity contribution is 0.0946. The molecule has 20 heavy (non-hydrogen) atoms. The Morgan fingerprint density at radius 3 is 3.00 bits per heavy atom. The summed E-state index contributed by atoms with van der Waals surface area (Å²) in [4.78, 5) is 11.9. The smallest absolute Gasteiger partial charge is 0.254 e. The minimum atomic E-state index is -0.641. The van der Waals surface area contributed by atoms with Crippen molar-refractivity contribution in [3.05, 3.63) is 53.2 Å². The largest absolute Gasteiger partial charge is 0.384 e. The maximum absolute atomic E-state index is 13.6. The molecule has 2 aromatic rings. The van der Waals surface area contributed by atoms with E-state index < -0.39 is 11.7 Å². The molecule has 0 radical (unpaired) electrons. The van der Waals surface area contributed by atoms with Crippen molar-refractivity contribution in [3.8, 4) is 11.8 Å². The van der Waals surface area contributed by atoms with Crippen LogP contribution in [0.15, 0.2) is 35.1 Å². The number of nitrogens with one attached hydrogen (secondary N) is 1. The highest BCUT2D eigenvalue weighted by Gasteiger charge is 2.12. The normalized spacial score (nSPS) is 9.70. The molecule has 0 saturated heterocycles. The van der Waals surface area contributed by atoms with Crippen molar-refractivity contribution in [3.63, 3.8) is 0 Å². The SMILES string of the molecule is O=C(NCc1ccon1)c1cc(C#CCO)ccc1F. The molecule has 1 heterocycles. The number of aliphatic hydroxyl groups excluding tert-OH is 1. The lowest BCUT2D eigenvalue weighted by Gasteiger charge is -2.05. The predicted octanol–water partition coefficient (Wildman–Crippen LogP) is 1.09. The molecule has 0 aliphatic carbocycles. The zero-order valence-electron chi connectivity index (χ0n) is 10.4. The van der Waals surface area contributed by atoms with Crippen molar-refractivity contribution >= 4 is 5.91 Å². The van der Waals surface area contributed by atoms with E-state index in [0.717, 1.165) is 6.07 Å². The minimum absolute atomic E-state index is 0.113. The average molecular weight is 274 g/mol. The molecule has 1 aromatic carbocycles. The number of benzene rings is 1. The first kappa shape index (κ1) is 13.8. The van der Waals surface area contributed by atoms with E-state index in [4.69, 9.17) is 5.11 Å². The van der Waals surface area contributed by atoms with Crippen LogP contribution in [0.2, 0.25) is 0 Å². The fraction of sp³-hybridized carbons (Fsp3) is 0.143. The number of hydrogen-bond donors (Lipinski definition) is 2. The third kappa shape index (κ3) is 3.43. The quantitative estimate of drug-likeness (QED) is 0.821. The number of carbonyl (C=O) groups excluding carboxylic acids is 1. The number of halogens is 1. The van der Waals surface area contributed by atoms with Gasteiger partial charge in [-0.05, 0) is 18.2 Å². The van der Waals surface area contributed by atoms with Crippen molar-refractivity contribution in [1.82, 2.24) is 10.5 Å². The van der Waals surface area contributed by atoms with Gasteiger partial charge in [-0.2, -0.15) is 0 Å². The van der Waals surface area contributed by atoms with E-state index in [1.54, 1.807) is 6.07 Å². The molecule has 1 amide bonds. The van der Waals surface area contributed by atoms with Gasteiger partial charge in [0.05, 0.1) is 12.1 Å². The number of amides is 1. The highest BCUT2D eigenvalue weighted by Crippen LogP contribution is 2.10. The first-order chi connectivity index (χ1) is 9.70. The Morgan fingerprint density at radius 2 is 2.30 bits per heavy atom. The summed E-state index contributed by atoms with van der Waals surface area (Å²) in [5.74, 6) is 3.83. The minimum Gasteiger partial charge on any atom is -0.384 e. The Kier molecular flexibility index (Phi) is 4.47. The number of rotatable bonds is 3. The van der Waals surface area contributed by atoms with E-state index in [1.807, 2.05) is 0 Å². The number of nitrogens with zero attached hydrogens (tertiary/aromatic N) is 1. The summed E-state index contributed by atoms with van der Waals surface area (Å²) in [5.41, 5.74) is 0.875. The van der Waals surface area contributed by atoms with E-state index in [1.165, 1.54) is 18.4 Å². The van der Waals surface area contributed by atoms with Crippen LogP contribution in [0.3, 0.4) is 0 Å². The number of hydrogen-bond acceptors (Lipinski definition) is 4. The van der Waals surface area contributed by atoms with Gasteiger partial charge in [-0.25, -0.2) is 4.39 Å². The van der Waals surface area contributed by atoms with Crippen LogP contribution in [0.5, 0.6) is 0 Å². The highest BCUT2D eigenvalue weighted by molar-refractivity contribution is 5.94. The van der Waals surface area contributed by atoms with E-state index >= 15 is 0 Å². The number of aliphatic hydroxyl groups is 1. The summed E-state index contributed by atoms with van der Waals surface area (Å²) < 4.78 is 18.2. The van der Waals surface area contributed by atoms with E-state index in [0.29, 0.717) is 11.3 Å². The van der Waals surface area contributed by atoms with Crippen molar-refractivity contribution in [2.45, 2.75) is 6.54 Å². The molecule has 102 valence electrons. The second-order valence-electron chi connectivity index (χ2n) is 3.83. The molecule has 0 aliphatic heterocycles. The third-order valence-corrected chi connectivity index (χ3v) is 2.44. The summed E-state index contributed by atoms with van der Waals surface area (Å²) in [6, 6.07) is 5.52. The fourth-order valence-electron chi connectivity index (χ4n) is 1.51. The summed E-state index contributed by atoms with van der Waals surface area (Å²) in [5, 5.41) is 14.8. The zero-order valence-corrected chi connectivity index (χ0v) is 10.4. The molecule has 2 rings (SSSR count). The van der Waals surface area contributed by atoms with Gasteiger partial charge in [0.2, 0.25) is 0 Å². The number of aromatic nitrogens is 1. The lowest BCUT2D eigenvalue weighted by atomic mass is 10.1. The molecule has 2 N–H and O–H groups in total. The fourth-order valence-corrected chi connectivity index (χ4v) is 1.51. The zero-order chi connectivity index (χ0) is 14.4. The Balaban J connectivity index is 2.12. The van der Waals surface area contributed by atoms with Crippen LogP contribution < -0.4 is 5.32 Å². The lowest BCUT2D eigenvalue weighted by Crippen LogP contribution is -2.24. The van der Waals surface area contributed by atoms with E-state index in [9.17, 15) is 9.18 Å². The maximum atomic E-state index is 13.6. The monoisotopic (exact) mass is 274 g/mol. The van der Waals surface area contributed by atoms with Gasteiger partial charge in [0, 0.05) is 11.6 Å². The summed E-state index contributed by atoms with van der Waals surface area (Å²) in [6.45, 7) is -0.160. The molecule has 1 aromatic heterocycles. The summed E-state index contributed by atoms with van der Waals surface area (Å²) >= 11 is 0. The van der Waals surface area contributed by atoms with E-state index in [2.05, 4.69) is 26.8 Å². The second kappa shape index (κ2) is 6.50. The van der Waals surface area contributed by atoms with Crippen molar-refractivity contribution in [2.75, 3.05) is 6.61 Å². The number of carbonyl (C=O) groups is 1. The van der Waals surface area contributed by atoms with Gasteiger partial charge >= 0.3 is 0 Å². The van der Waals surface area contributed by atoms with Gasteiger partial charge in [0.15, 0.2) is 0 Å². The average Bonchev–Trinajstić information content (AvgIpc) is 2.97. The Hall–Kier alpha value is -2.65. The Labute approximate surface area is 114 Å². The van der Waals surface area contributed by atoms with Crippen LogP contribution in [-0.2, 0) is 6.54 Å². The maximum Gasteiger partial charge on any atom is 0.254 e. The molecule has 0 spiro atoms. The van der Waals surface area contributed by atoms with Crippen LogP contribution in [0.4, 0.5) is 4.39 Å². The van der Waals surface area contributed by atoms with Crippen LogP contribution in [0.25, 0.3) is 0 Å². The molecule has 0 atom stereocenters. The predicted molar refractivity (Wildman–Crippen MR) is 68.0 cm³/mol. The van der Waals surface area contributed by atoms with Gasteiger partial charge in [-0.15, -0.1) is 0 Å². The van der Waals surface area contributed by atoms with Crippen LogP contribution in [-0.4, -0.2) is 22.8 Å². The van der Waals surface area contributed by atoms with Gasteiger partial charge in [-0.3, -0.25) is 4.79 Å². The molecule has 0 unspecified atom stereocenters. The Bertz CT molecular complexity index is 657. The molecule has 0 aliphatic rings. The first-order valence-corrected chi connectivity index (χ1v) is 5.77. The molecule has 0 bridgehead atoms. The third-order valence-electron chi connectivity index (χ3n) is 2.44. The van der Waals surface area contributed by atoms with Crippen molar-refractivity contribution < 1.29 is 18.8 Å². The second-order valence-corrected chi connectivity index (χ2v) is 3.83. The molecule has 0 fully saturated rings. The molecular formula is C14H11FN2O3. The summed E-state index contributed by atoms with van der Waals surface area (Å²) in [6.07, 6.45) is 1.38. The molecular weight excluding hydrogens is 263 g/mol. The van der Waals surface area contributed by atoms with Gasteiger partial charge < -0.3 is 14.9 Å². The van der Waals surface area contributed by atoms with Crippen LogP contribution in [0, 0.1) is 17.7 Å². The highest BCUT2D eigenvalue weighted by atomic mass is 19.1. The molecule has 0 saturated carbocycles. The van der Waals surface area contributed by atoms with Crippen molar-refractivity contribution in [1.29, 1.82) is 0 Å². The van der Waals surface area contributed by atoms with Crippen LogP contribution in [0.1, 0.15) is 21.6 Å². The topological polar surface area (TPSA) is 75.4 Å². The molecule has 6 heteroatoms. The standard InChI is InChI=1S/C14H11FN2O3/c15-13-4-3-10(2-1-6-18)8-12(13)14(19)16-9-11-5-7-20-17-11/h3-5,7-8,18H,6,9H2,(H,16,19). The van der Waals surface area contributed by atoms with Gasteiger partial charge in [-0.1, -0.05) is 17.0 Å². The van der Waals surface area contributed by atoms with Gasteiger partial charge in [0.25, 0.3) is 5.91 Å². The molecule has 5 nitrogen and oxygen atoms in total. The van der Waals surface area contributed by atoms with Crippen LogP contribution >= 0.6 is 0 Å². The van der Waals surface area contributed by atoms with Gasteiger partial charge in [0.1, 0.15) is 24.4 Å².